The predicted octanol–water partition coefficient (Wildman–Crippen LogP) is 2.99. The van der Waals surface area contributed by atoms with E-state index in [1.165, 1.54) is 6.20 Å². The van der Waals surface area contributed by atoms with E-state index in [0.29, 0.717) is 11.4 Å². The van der Waals surface area contributed by atoms with Crippen molar-refractivity contribution in [2.24, 2.45) is 0 Å². The van der Waals surface area contributed by atoms with E-state index < -0.39 is 0 Å². The number of aromatic nitrogens is 1. The molecule has 0 aliphatic heterocycles. The summed E-state index contributed by atoms with van der Waals surface area (Å²) in [5.74, 6) is 1.26. The third-order valence-electron chi connectivity index (χ3n) is 2.20. The summed E-state index contributed by atoms with van der Waals surface area (Å²) in [4.78, 5) is 14.5. The van der Waals surface area contributed by atoms with Gasteiger partial charge in [0.05, 0.1) is 0 Å². The average molecular weight is 213 g/mol. The first-order chi connectivity index (χ1) is 7.79. The SMILES string of the molecule is Cc1ccccc1Oc1ccc(C=O)cn1. The molecule has 0 amide bonds. The number of rotatable bonds is 3. The molecule has 0 saturated carbocycles. The van der Waals surface area contributed by atoms with Crippen LogP contribution in [0.4, 0.5) is 0 Å². The quantitative estimate of drug-likeness (QED) is 0.736. The van der Waals surface area contributed by atoms with E-state index in [4.69, 9.17) is 4.74 Å². The fourth-order valence-corrected chi connectivity index (χ4v) is 1.31. The Hall–Kier alpha value is -2.16. The van der Waals surface area contributed by atoms with Gasteiger partial charge in [-0.1, -0.05) is 18.2 Å². The number of benzene rings is 1. The standard InChI is InChI=1S/C13H11NO2/c1-10-4-2-3-5-12(10)16-13-7-6-11(9-15)8-14-13/h2-9H,1H3. The fraction of sp³-hybridized carbons (Fsp3) is 0.0769. The van der Waals surface area contributed by atoms with Gasteiger partial charge >= 0.3 is 0 Å². The average Bonchev–Trinajstić information content (AvgIpc) is 2.33. The lowest BCUT2D eigenvalue weighted by molar-refractivity contribution is 0.112. The number of hydrogen-bond donors (Lipinski definition) is 0. The minimum absolute atomic E-state index is 0.486. The van der Waals surface area contributed by atoms with Gasteiger partial charge in [0.25, 0.3) is 0 Å². The molecule has 0 fully saturated rings. The van der Waals surface area contributed by atoms with Crippen LogP contribution in [0.5, 0.6) is 11.6 Å². The number of ether oxygens (including phenoxy) is 1. The minimum Gasteiger partial charge on any atom is -0.439 e. The molecule has 0 aliphatic carbocycles. The Morgan fingerprint density at radius 1 is 1.19 bits per heavy atom. The molecule has 0 radical (unpaired) electrons. The maximum Gasteiger partial charge on any atom is 0.219 e. The van der Waals surface area contributed by atoms with Crippen molar-refractivity contribution in [2.45, 2.75) is 6.92 Å². The number of aryl methyl sites for hydroxylation is 1. The second-order valence-corrected chi connectivity index (χ2v) is 3.42. The number of carbonyl (C=O) groups excluding carboxylic acids is 1. The Bertz CT molecular complexity index is 492. The highest BCUT2D eigenvalue weighted by atomic mass is 16.5. The van der Waals surface area contributed by atoms with Crippen LogP contribution in [0.15, 0.2) is 42.6 Å². The highest BCUT2D eigenvalue weighted by Gasteiger charge is 2.01. The first kappa shape index (κ1) is 10.4. The van der Waals surface area contributed by atoms with Crippen molar-refractivity contribution in [3.63, 3.8) is 0 Å². The van der Waals surface area contributed by atoms with Gasteiger partial charge in [-0.25, -0.2) is 4.98 Å². The Kier molecular flexibility index (Phi) is 2.96. The van der Waals surface area contributed by atoms with E-state index in [2.05, 4.69) is 4.98 Å². The predicted molar refractivity (Wildman–Crippen MR) is 60.9 cm³/mol. The maximum absolute atomic E-state index is 10.4. The fourth-order valence-electron chi connectivity index (χ4n) is 1.31. The van der Waals surface area contributed by atoms with Gasteiger partial charge in [0.1, 0.15) is 5.75 Å². The van der Waals surface area contributed by atoms with Crippen molar-refractivity contribution < 1.29 is 9.53 Å². The van der Waals surface area contributed by atoms with Crippen LogP contribution in [0.1, 0.15) is 15.9 Å². The van der Waals surface area contributed by atoms with E-state index >= 15 is 0 Å². The summed E-state index contributed by atoms with van der Waals surface area (Å²) in [6, 6.07) is 11.1. The van der Waals surface area contributed by atoms with Crippen LogP contribution in [0, 0.1) is 6.92 Å². The molecule has 2 aromatic rings. The van der Waals surface area contributed by atoms with Crippen molar-refractivity contribution >= 4 is 6.29 Å². The summed E-state index contributed by atoms with van der Waals surface area (Å²) >= 11 is 0. The van der Waals surface area contributed by atoms with Crippen molar-refractivity contribution in [1.82, 2.24) is 4.98 Å². The van der Waals surface area contributed by atoms with E-state index in [1.807, 2.05) is 31.2 Å². The molecule has 1 heterocycles. The Labute approximate surface area is 93.7 Å². The smallest absolute Gasteiger partial charge is 0.219 e. The summed E-state index contributed by atoms with van der Waals surface area (Å²) in [6.45, 7) is 1.97. The molecule has 0 unspecified atom stereocenters. The highest BCUT2D eigenvalue weighted by Crippen LogP contribution is 2.22. The topological polar surface area (TPSA) is 39.2 Å². The molecule has 0 spiro atoms. The van der Waals surface area contributed by atoms with Crippen LogP contribution < -0.4 is 4.74 Å². The lowest BCUT2D eigenvalue weighted by atomic mass is 10.2. The molecule has 1 aromatic carbocycles. The first-order valence-electron chi connectivity index (χ1n) is 4.94. The van der Waals surface area contributed by atoms with E-state index in [1.54, 1.807) is 12.1 Å². The van der Waals surface area contributed by atoms with Crippen LogP contribution in [0.3, 0.4) is 0 Å². The van der Waals surface area contributed by atoms with Gasteiger partial charge in [-0.15, -0.1) is 0 Å². The summed E-state index contributed by atoms with van der Waals surface area (Å²) in [6.07, 6.45) is 2.24. The largest absolute Gasteiger partial charge is 0.439 e. The van der Waals surface area contributed by atoms with Crippen molar-refractivity contribution in [1.29, 1.82) is 0 Å². The molecule has 0 N–H and O–H groups in total. The molecule has 0 aliphatic rings. The van der Waals surface area contributed by atoms with Crippen LogP contribution in [0.25, 0.3) is 0 Å². The molecule has 1 aromatic heterocycles. The summed E-state index contributed by atoms with van der Waals surface area (Å²) in [5, 5.41) is 0. The Morgan fingerprint density at radius 3 is 2.62 bits per heavy atom. The van der Waals surface area contributed by atoms with E-state index in [-0.39, 0.29) is 0 Å². The van der Waals surface area contributed by atoms with Crippen molar-refractivity contribution in [2.75, 3.05) is 0 Å². The molecule has 80 valence electrons. The molecule has 3 nitrogen and oxygen atoms in total. The molecular formula is C13H11NO2. The van der Waals surface area contributed by atoms with Gasteiger partial charge < -0.3 is 4.74 Å². The molecule has 0 bridgehead atoms. The Morgan fingerprint density at radius 2 is 2.00 bits per heavy atom. The van der Waals surface area contributed by atoms with E-state index in [9.17, 15) is 4.79 Å². The zero-order valence-corrected chi connectivity index (χ0v) is 8.88. The summed E-state index contributed by atoms with van der Waals surface area (Å²) < 4.78 is 5.58. The van der Waals surface area contributed by atoms with E-state index in [0.717, 1.165) is 17.6 Å². The molecule has 0 atom stereocenters. The van der Waals surface area contributed by atoms with Gasteiger partial charge in [0.15, 0.2) is 6.29 Å². The second kappa shape index (κ2) is 4.57. The number of pyridine rings is 1. The van der Waals surface area contributed by atoms with Crippen molar-refractivity contribution in [3.05, 3.63) is 53.7 Å². The van der Waals surface area contributed by atoms with Gasteiger partial charge in [-0.2, -0.15) is 0 Å². The van der Waals surface area contributed by atoms with Crippen LogP contribution >= 0.6 is 0 Å². The first-order valence-corrected chi connectivity index (χ1v) is 4.94. The van der Waals surface area contributed by atoms with Crippen LogP contribution in [-0.2, 0) is 0 Å². The second-order valence-electron chi connectivity index (χ2n) is 3.42. The maximum atomic E-state index is 10.4. The highest BCUT2D eigenvalue weighted by molar-refractivity contribution is 5.74. The van der Waals surface area contributed by atoms with Gasteiger partial charge in [0, 0.05) is 17.8 Å². The molecule has 3 heteroatoms. The van der Waals surface area contributed by atoms with Gasteiger partial charge in [-0.3, -0.25) is 4.79 Å². The van der Waals surface area contributed by atoms with Crippen LogP contribution in [0.2, 0.25) is 0 Å². The number of nitrogens with zero attached hydrogens (tertiary/aromatic N) is 1. The zero-order valence-electron chi connectivity index (χ0n) is 8.88. The molecular weight excluding hydrogens is 202 g/mol. The summed E-state index contributed by atoms with van der Waals surface area (Å²) in [5.41, 5.74) is 1.58. The van der Waals surface area contributed by atoms with Gasteiger partial charge in [0.2, 0.25) is 5.88 Å². The number of aldehydes is 1. The Balaban J connectivity index is 2.21. The third-order valence-corrected chi connectivity index (χ3v) is 2.20. The minimum atomic E-state index is 0.486. The van der Waals surface area contributed by atoms with Gasteiger partial charge in [-0.05, 0) is 24.6 Å². The number of carbonyl (C=O) groups is 1. The summed E-state index contributed by atoms with van der Waals surface area (Å²) in [7, 11) is 0. The third kappa shape index (κ3) is 2.25. The number of para-hydroxylation sites is 1. The van der Waals surface area contributed by atoms with Crippen LogP contribution in [-0.4, -0.2) is 11.3 Å². The molecule has 16 heavy (non-hydrogen) atoms. The lowest BCUT2D eigenvalue weighted by Crippen LogP contribution is -1.90. The normalized spacial score (nSPS) is 9.81. The lowest BCUT2D eigenvalue weighted by Gasteiger charge is -2.06. The number of hydrogen-bond acceptors (Lipinski definition) is 3. The monoisotopic (exact) mass is 213 g/mol. The zero-order chi connectivity index (χ0) is 11.4. The molecule has 2 rings (SSSR count). The van der Waals surface area contributed by atoms with Crippen molar-refractivity contribution in [3.8, 4) is 11.6 Å². The molecule has 0 saturated heterocycles.